The predicted octanol–water partition coefficient (Wildman–Crippen LogP) is -0.879. The lowest BCUT2D eigenvalue weighted by Gasteiger charge is -1.93. The van der Waals surface area contributed by atoms with Crippen LogP contribution in [0.4, 0.5) is 0 Å². The summed E-state index contributed by atoms with van der Waals surface area (Å²) >= 11 is 0. The van der Waals surface area contributed by atoms with Crippen molar-refractivity contribution in [2.75, 3.05) is 0 Å². The summed E-state index contributed by atoms with van der Waals surface area (Å²) in [6.07, 6.45) is 0. The second-order valence-corrected chi connectivity index (χ2v) is 2.32. The molecule has 0 fully saturated rings. The summed E-state index contributed by atoms with van der Waals surface area (Å²) < 4.78 is 1.46. The molecule has 1 rings (SSSR count). The van der Waals surface area contributed by atoms with Gasteiger partial charge in [0.1, 0.15) is 5.56 Å². The van der Waals surface area contributed by atoms with Crippen molar-refractivity contribution in [2.24, 2.45) is 12.8 Å². The number of carbonyl (C=O) groups excluding carboxylic acids is 1. The average molecular weight is 155 g/mol. The second-order valence-electron chi connectivity index (χ2n) is 2.32. The summed E-state index contributed by atoms with van der Waals surface area (Å²) in [6, 6.07) is 0. The monoisotopic (exact) mass is 155 g/mol. The molecule has 0 unspecified atom stereocenters. The van der Waals surface area contributed by atoms with Gasteiger partial charge >= 0.3 is 0 Å². The minimum Gasteiger partial charge on any atom is -0.365 e. The zero-order valence-corrected chi connectivity index (χ0v) is 6.34. The lowest BCUT2D eigenvalue weighted by molar-refractivity contribution is 0.0998. The second kappa shape index (κ2) is 2.26. The molecule has 1 heterocycles. The Morgan fingerprint density at radius 1 is 1.64 bits per heavy atom. The van der Waals surface area contributed by atoms with Crippen LogP contribution < -0.4 is 11.3 Å². The van der Waals surface area contributed by atoms with Gasteiger partial charge in [-0.3, -0.25) is 19.4 Å². The zero-order chi connectivity index (χ0) is 8.59. The molecule has 0 bridgehead atoms. The molecule has 0 aliphatic heterocycles. The number of aromatic amines is 1. The van der Waals surface area contributed by atoms with Crippen LogP contribution in [0.1, 0.15) is 16.1 Å². The van der Waals surface area contributed by atoms with E-state index in [4.69, 9.17) is 5.73 Å². The van der Waals surface area contributed by atoms with Crippen molar-refractivity contribution in [3.8, 4) is 0 Å². The Kier molecular flexibility index (Phi) is 1.56. The molecule has 0 atom stereocenters. The standard InChI is InChI=1S/C6H9N3O2/c1-3-4(5(7)10)6(11)8-9(3)2/h1-2H3,(H2,7,10)(H,8,11). The van der Waals surface area contributed by atoms with Crippen LogP contribution in [0.2, 0.25) is 0 Å². The molecule has 0 aromatic carbocycles. The van der Waals surface area contributed by atoms with Crippen LogP contribution in [0.15, 0.2) is 4.79 Å². The van der Waals surface area contributed by atoms with Crippen LogP contribution in [-0.2, 0) is 7.05 Å². The smallest absolute Gasteiger partial charge is 0.277 e. The fourth-order valence-electron chi connectivity index (χ4n) is 0.914. The number of amides is 1. The van der Waals surface area contributed by atoms with Crippen molar-refractivity contribution in [2.45, 2.75) is 6.92 Å². The summed E-state index contributed by atoms with van der Waals surface area (Å²) in [5.41, 5.74) is 5.12. The molecule has 60 valence electrons. The maximum atomic E-state index is 10.9. The molecule has 5 nitrogen and oxygen atoms in total. The molecule has 0 saturated heterocycles. The normalized spacial score (nSPS) is 10.0. The number of hydrogen-bond donors (Lipinski definition) is 2. The van der Waals surface area contributed by atoms with Gasteiger partial charge in [0.25, 0.3) is 11.5 Å². The van der Waals surface area contributed by atoms with E-state index in [2.05, 4.69) is 5.10 Å². The van der Waals surface area contributed by atoms with E-state index < -0.39 is 11.5 Å². The van der Waals surface area contributed by atoms with Crippen molar-refractivity contribution in [1.82, 2.24) is 9.78 Å². The lowest BCUT2D eigenvalue weighted by Crippen LogP contribution is -2.20. The van der Waals surface area contributed by atoms with Crippen molar-refractivity contribution >= 4 is 5.91 Å². The number of nitrogens with one attached hydrogen (secondary N) is 1. The number of aromatic nitrogens is 2. The van der Waals surface area contributed by atoms with E-state index in [1.54, 1.807) is 14.0 Å². The maximum Gasteiger partial charge on any atom is 0.277 e. The van der Waals surface area contributed by atoms with E-state index in [0.29, 0.717) is 5.69 Å². The number of H-pyrrole nitrogens is 1. The molecule has 0 aliphatic carbocycles. The predicted molar refractivity (Wildman–Crippen MR) is 39.3 cm³/mol. The summed E-state index contributed by atoms with van der Waals surface area (Å²) in [5, 5.41) is 2.42. The van der Waals surface area contributed by atoms with Gasteiger partial charge in [-0.2, -0.15) is 0 Å². The Morgan fingerprint density at radius 2 is 2.18 bits per heavy atom. The molecule has 0 aliphatic rings. The van der Waals surface area contributed by atoms with Gasteiger partial charge in [-0.05, 0) is 6.92 Å². The molecule has 1 aromatic heterocycles. The minimum atomic E-state index is -0.690. The van der Waals surface area contributed by atoms with Crippen LogP contribution in [0.5, 0.6) is 0 Å². The van der Waals surface area contributed by atoms with E-state index >= 15 is 0 Å². The molecule has 3 N–H and O–H groups in total. The van der Waals surface area contributed by atoms with Crippen LogP contribution in [0, 0.1) is 6.92 Å². The Labute approximate surface area is 62.8 Å². The maximum absolute atomic E-state index is 10.9. The number of carbonyl (C=O) groups is 1. The fourth-order valence-corrected chi connectivity index (χ4v) is 0.914. The van der Waals surface area contributed by atoms with Gasteiger partial charge in [0, 0.05) is 12.7 Å². The number of primary amides is 1. The Balaban J connectivity index is 3.46. The van der Waals surface area contributed by atoms with Crippen LogP contribution in [0.25, 0.3) is 0 Å². The molecule has 1 amide bonds. The Bertz CT molecular complexity index is 347. The minimum absolute atomic E-state index is 0.0347. The van der Waals surface area contributed by atoms with E-state index in [1.807, 2.05) is 0 Å². The Hall–Kier alpha value is -1.52. The van der Waals surface area contributed by atoms with Crippen molar-refractivity contribution < 1.29 is 4.79 Å². The fraction of sp³-hybridized carbons (Fsp3) is 0.333. The third-order valence-electron chi connectivity index (χ3n) is 1.61. The molecular weight excluding hydrogens is 146 g/mol. The SMILES string of the molecule is Cc1c(C(N)=O)c(=O)[nH]n1C. The highest BCUT2D eigenvalue weighted by Gasteiger charge is 2.13. The highest BCUT2D eigenvalue weighted by Crippen LogP contribution is 1.97. The Morgan fingerprint density at radius 3 is 2.36 bits per heavy atom. The first kappa shape index (κ1) is 7.59. The lowest BCUT2D eigenvalue weighted by atomic mass is 10.2. The highest BCUT2D eigenvalue weighted by atomic mass is 16.2. The largest absolute Gasteiger partial charge is 0.365 e. The van der Waals surface area contributed by atoms with E-state index in [0.717, 1.165) is 0 Å². The first-order valence-electron chi connectivity index (χ1n) is 3.09. The third-order valence-corrected chi connectivity index (χ3v) is 1.61. The van der Waals surface area contributed by atoms with Crippen molar-refractivity contribution in [1.29, 1.82) is 0 Å². The molecule has 11 heavy (non-hydrogen) atoms. The number of rotatable bonds is 1. The number of nitrogens with two attached hydrogens (primary N) is 1. The zero-order valence-electron chi connectivity index (χ0n) is 6.34. The van der Waals surface area contributed by atoms with Gasteiger partial charge in [-0.15, -0.1) is 0 Å². The quantitative estimate of drug-likeness (QED) is 0.552. The van der Waals surface area contributed by atoms with Crippen LogP contribution in [-0.4, -0.2) is 15.7 Å². The summed E-state index contributed by atoms with van der Waals surface area (Å²) in [4.78, 5) is 21.6. The summed E-state index contributed by atoms with van der Waals surface area (Å²) in [5.74, 6) is -0.690. The van der Waals surface area contributed by atoms with E-state index in [9.17, 15) is 9.59 Å². The molecule has 1 aromatic rings. The molecular formula is C6H9N3O2. The van der Waals surface area contributed by atoms with E-state index in [-0.39, 0.29) is 5.56 Å². The van der Waals surface area contributed by atoms with Gasteiger partial charge in [-0.1, -0.05) is 0 Å². The molecule has 0 saturated carbocycles. The van der Waals surface area contributed by atoms with Crippen LogP contribution >= 0.6 is 0 Å². The first-order chi connectivity index (χ1) is 5.04. The number of aryl methyl sites for hydroxylation is 1. The summed E-state index contributed by atoms with van der Waals surface area (Å²) in [6.45, 7) is 1.65. The van der Waals surface area contributed by atoms with Crippen molar-refractivity contribution in [3.63, 3.8) is 0 Å². The first-order valence-corrected chi connectivity index (χ1v) is 3.09. The van der Waals surface area contributed by atoms with E-state index in [1.165, 1.54) is 4.68 Å². The molecule has 5 heteroatoms. The van der Waals surface area contributed by atoms with Gasteiger partial charge in [-0.25, -0.2) is 0 Å². The topological polar surface area (TPSA) is 80.9 Å². The highest BCUT2D eigenvalue weighted by molar-refractivity contribution is 5.93. The number of hydrogen-bond acceptors (Lipinski definition) is 2. The van der Waals surface area contributed by atoms with Gasteiger partial charge < -0.3 is 5.73 Å². The molecule has 0 radical (unpaired) electrons. The van der Waals surface area contributed by atoms with Crippen LogP contribution in [0.3, 0.4) is 0 Å². The number of nitrogens with zero attached hydrogens (tertiary/aromatic N) is 1. The van der Waals surface area contributed by atoms with Gasteiger partial charge in [0.15, 0.2) is 0 Å². The van der Waals surface area contributed by atoms with Gasteiger partial charge in [0.2, 0.25) is 0 Å². The van der Waals surface area contributed by atoms with Gasteiger partial charge in [0.05, 0.1) is 0 Å². The third kappa shape index (κ3) is 1.04. The van der Waals surface area contributed by atoms with Crippen molar-refractivity contribution in [3.05, 3.63) is 21.6 Å². The average Bonchev–Trinajstić information content (AvgIpc) is 2.07. The summed E-state index contributed by atoms with van der Waals surface area (Å²) in [7, 11) is 1.64. The molecule has 0 spiro atoms.